The van der Waals surface area contributed by atoms with E-state index in [0.29, 0.717) is 5.91 Å². The van der Waals surface area contributed by atoms with Crippen molar-refractivity contribution in [3.8, 4) is 0 Å². The van der Waals surface area contributed by atoms with Crippen molar-refractivity contribution in [1.29, 1.82) is 0 Å². The van der Waals surface area contributed by atoms with Crippen LogP contribution in [0.2, 0.25) is 0 Å². The molecule has 0 spiro atoms. The van der Waals surface area contributed by atoms with Crippen molar-refractivity contribution in [2.45, 2.75) is 33.6 Å². The average Bonchev–Trinajstić information content (AvgIpc) is 2.51. The van der Waals surface area contributed by atoms with Crippen molar-refractivity contribution in [1.82, 2.24) is 4.90 Å². The molecular formula is C17H27N3O. The van der Waals surface area contributed by atoms with Gasteiger partial charge in [-0.2, -0.15) is 0 Å². The van der Waals surface area contributed by atoms with Crippen molar-refractivity contribution in [3.05, 3.63) is 23.8 Å². The molecule has 0 atom stereocenters. The summed E-state index contributed by atoms with van der Waals surface area (Å²) in [5, 5.41) is 0. The number of aryl methyl sites for hydroxylation is 1. The molecule has 2 rings (SSSR count). The largest absolute Gasteiger partial charge is 0.399 e. The van der Waals surface area contributed by atoms with E-state index in [4.69, 9.17) is 5.73 Å². The minimum Gasteiger partial charge on any atom is -0.399 e. The van der Waals surface area contributed by atoms with E-state index in [2.05, 4.69) is 31.7 Å². The molecule has 1 amide bonds. The van der Waals surface area contributed by atoms with Crippen LogP contribution in [-0.2, 0) is 4.79 Å². The van der Waals surface area contributed by atoms with Gasteiger partial charge in [-0.3, -0.25) is 4.79 Å². The van der Waals surface area contributed by atoms with Gasteiger partial charge in [-0.05, 0) is 37.5 Å². The highest BCUT2D eigenvalue weighted by molar-refractivity contribution is 5.79. The molecule has 0 bridgehead atoms. The molecule has 4 heteroatoms. The average molecular weight is 289 g/mol. The highest BCUT2D eigenvalue weighted by Crippen LogP contribution is 2.24. The minimum atomic E-state index is 0.186. The number of hydrogen-bond acceptors (Lipinski definition) is 3. The second-order valence-electron chi connectivity index (χ2n) is 5.87. The molecule has 21 heavy (non-hydrogen) atoms. The second-order valence-corrected chi connectivity index (χ2v) is 5.87. The molecule has 1 saturated heterocycles. The van der Waals surface area contributed by atoms with Gasteiger partial charge in [0.05, 0.1) is 0 Å². The zero-order valence-corrected chi connectivity index (χ0v) is 13.4. The number of nitrogens with two attached hydrogens (primary N) is 1. The lowest BCUT2D eigenvalue weighted by molar-refractivity contribution is -0.136. The number of amides is 1. The number of nitrogens with zero attached hydrogens (tertiary/aromatic N) is 2. The molecule has 0 saturated carbocycles. The summed E-state index contributed by atoms with van der Waals surface area (Å²) < 4.78 is 0. The summed E-state index contributed by atoms with van der Waals surface area (Å²) in [5.41, 5.74) is 9.13. The number of hydrogen-bond donors (Lipinski definition) is 1. The summed E-state index contributed by atoms with van der Waals surface area (Å²) in [6, 6.07) is 6.03. The van der Waals surface area contributed by atoms with Gasteiger partial charge in [-0.15, -0.1) is 0 Å². The van der Waals surface area contributed by atoms with Crippen LogP contribution in [0.15, 0.2) is 18.2 Å². The number of nitrogen functional groups attached to an aromatic ring is 1. The van der Waals surface area contributed by atoms with Crippen LogP contribution >= 0.6 is 0 Å². The monoisotopic (exact) mass is 289 g/mol. The SMILES string of the molecule is CCC(CC)C(=O)N1CCN(c2cc(N)ccc2C)CC1. The Morgan fingerprint density at radius 3 is 2.38 bits per heavy atom. The first kappa shape index (κ1) is 15.7. The first-order valence-corrected chi connectivity index (χ1v) is 7.96. The molecule has 0 unspecified atom stereocenters. The molecule has 0 aromatic heterocycles. The smallest absolute Gasteiger partial charge is 0.225 e. The molecule has 1 fully saturated rings. The summed E-state index contributed by atoms with van der Waals surface area (Å²) in [4.78, 5) is 16.8. The Morgan fingerprint density at radius 2 is 1.81 bits per heavy atom. The maximum absolute atomic E-state index is 12.4. The van der Waals surface area contributed by atoms with Gasteiger partial charge in [0.15, 0.2) is 0 Å². The molecule has 1 aromatic rings. The summed E-state index contributed by atoms with van der Waals surface area (Å²) in [6.07, 6.45) is 1.87. The number of anilines is 2. The van der Waals surface area contributed by atoms with Crippen LogP contribution in [0.3, 0.4) is 0 Å². The van der Waals surface area contributed by atoms with Gasteiger partial charge in [0, 0.05) is 43.5 Å². The van der Waals surface area contributed by atoms with Gasteiger partial charge in [0.25, 0.3) is 0 Å². The van der Waals surface area contributed by atoms with Gasteiger partial charge in [0.1, 0.15) is 0 Å². The number of carbonyl (C=O) groups excluding carboxylic acids is 1. The summed E-state index contributed by atoms with van der Waals surface area (Å²) in [7, 11) is 0. The maximum atomic E-state index is 12.4. The number of piperazine rings is 1. The van der Waals surface area contributed by atoms with Crippen LogP contribution in [0.25, 0.3) is 0 Å². The highest BCUT2D eigenvalue weighted by atomic mass is 16.2. The Balaban J connectivity index is 2.00. The van der Waals surface area contributed by atoms with Gasteiger partial charge >= 0.3 is 0 Å². The quantitative estimate of drug-likeness (QED) is 0.867. The van der Waals surface area contributed by atoms with Crippen LogP contribution in [0.5, 0.6) is 0 Å². The van der Waals surface area contributed by atoms with E-state index in [-0.39, 0.29) is 5.92 Å². The highest BCUT2D eigenvalue weighted by Gasteiger charge is 2.25. The molecule has 2 N–H and O–H groups in total. The Labute approximate surface area is 127 Å². The van der Waals surface area contributed by atoms with E-state index in [1.807, 2.05) is 17.0 Å². The Bertz CT molecular complexity index is 489. The van der Waals surface area contributed by atoms with Gasteiger partial charge in [-0.25, -0.2) is 0 Å². The summed E-state index contributed by atoms with van der Waals surface area (Å²) in [6.45, 7) is 9.69. The molecular weight excluding hydrogens is 262 g/mol. The fourth-order valence-corrected chi connectivity index (χ4v) is 3.03. The van der Waals surface area contributed by atoms with E-state index < -0.39 is 0 Å². The van der Waals surface area contributed by atoms with Gasteiger partial charge in [0.2, 0.25) is 5.91 Å². The molecule has 1 aromatic carbocycles. The lowest BCUT2D eigenvalue weighted by Crippen LogP contribution is -2.50. The molecule has 0 aliphatic carbocycles. The normalized spacial score (nSPS) is 15.6. The lowest BCUT2D eigenvalue weighted by Gasteiger charge is -2.38. The zero-order chi connectivity index (χ0) is 15.4. The predicted octanol–water partition coefficient (Wildman–Crippen LogP) is 2.66. The summed E-state index contributed by atoms with van der Waals surface area (Å²) >= 11 is 0. The van der Waals surface area contributed by atoms with Crippen molar-refractivity contribution in [3.63, 3.8) is 0 Å². The fraction of sp³-hybridized carbons (Fsp3) is 0.588. The Hall–Kier alpha value is -1.71. The fourth-order valence-electron chi connectivity index (χ4n) is 3.03. The Kier molecular flexibility index (Phi) is 5.10. The van der Waals surface area contributed by atoms with E-state index in [9.17, 15) is 4.79 Å². The first-order valence-electron chi connectivity index (χ1n) is 7.96. The topological polar surface area (TPSA) is 49.6 Å². The molecule has 4 nitrogen and oxygen atoms in total. The molecule has 1 aliphatic heterocycles. The van der Waals surface area contributed by atoms with Crippen LogP contribution in [-0.4, -0.2) is 37.0 Å². The van der Waals surface area contributed by atoms with Gasteiger partial charge in [-0.1, -0.05) is 19.9 Å². The van der Waals surface area contributed by atoms with Gasteiger partial charge < -0.3 is 15.5 Å². The number of carbonyl (C=O) groups is 1. The first-order chi connectivity index (χ1) is 10.1. The van der Waals surface area contributed by atoms with Crippen molar-refractivity contribution >= 4 is 17.3 Å². The van der Waals surface area contributed by atoms with Crippen molar-refractivity contribution < 1.29 is 4.79 Å². The third kappa shape index (κ3) is 3.49. The maximum Gasteiger partial charge on any atom is 0.225 e. The molecule has 116 valence electrons. The zero-order valence-electron chi connectivity index (χ0n) is 13.4. The van der Waals surface area contributed by atoms with E-state index in [1.54, 1.807) is 0 Å². The number of benzene rings is 1. The van der Waals surface area contributed by atoms with E-state index in [0.717, 1.165) is 44.7 Å². The predicted molar refractivity (Wildman–Crippen MR) is 88.5 cm³/mol. The standard InChI is InChI=1S/C17H27N3O/c1-4-14(5-2)17(21)20-10-8-19(9-11-20)16-12-15(18)7-6-13(16)3/h6-7,12,14H,4-5,8-11,18H2,1-3H3. The minimum absolute atomic E-state index is 0.186. The second kappa shape index (κ2) is 6.83. The molecule has 0 radical (unpaired) electrons. The van der Waals surface area contributed by atoms with Crippen LogP contribution < -0.4 is 10.6 Å². The van der Waals surface area contributed by atoms with Crippen LogP contribution in [0.4, 0.5) is 11.4 Å². The van der Waals surface area contributed by atoms with Crippen LogP contribution in [0, 0.1) is 12.8 Å². The number of rotatable bonds is 4. The van der Waals surface area contributed by atoms with Crippen molar-refractivity contribution in [2.75, 3.05) is 36.8 Å². The molecule has 1 heterocycles. The third-order valence-corrected chi connectivity index (χ3v) is 4.50. The lowest BCUT2D eigenvalue weighted by atomic mass is 10.0. The Morgan fingerprint density at radius 1 is 1.19 bits per heavy atom. The third-order valence-electron chi connectivity index (χ3n) is 4.50. The van der Waals surface area contributed by atoms with E-state index >= 15 is 0 Å². The van der Waals surface area contributed by atoms with Crippen molar-refractivity contribution in [2.24, 2.45) is 5.92 Å². The molecule has 1 aliphatic rings. The summed E-state index contributed by atoms with van der Waals surface area (Å²) in [5.74, 6) is 0.509. The van der Waals surface area contributed by atoms with E-state index in [1.165, 1.54) is 11.3 Å². The van der Waals surface area contributed by atoms with Crippen LogP contribution in [0.1, 0.15) is 32.3 Å².